The van der Waals surface area contributed by atoms with Gasteiger partial charge in [0.1, 0.15) is 18.1 Å². The molecule has 1 aromatic carbocycles. The van der Waals surface area contributed by atoms with Crippen molar-refractivity contribution in [3.63, 3.8) is 0 Å². The molecule has 1 heterocycles. The Morgan fingerprint density at radius 3 is 2.86 bits per heavy atom. The summed E-state index contributed by atoms with van der Waals surface area (Å²) in [6, 6.07) is 4.79. The van der Waals surface area contributed by atoms with Crippen molar-refractivity contribution in [2.24, 2.45) is 5.92 Å². The number of hydrogen-bond donors (Lipinski definition) is 1. The maximum atomic E-state index is 12.4. The number of carbonyl (C=O) groups is 1. The molecule has 0 aromatic heterocycles. The molecular weight excluding hydrogens is 315 g/mol. The molecule has 0 radical (unpaired) electrons. The van der Waals surface area contributed by atoms with Gasteiger partial charge >= 0.3 is 0 Å². The maximum Gasteiger partial charge on any atom is 0.208 e. The van der Waals surface area contributed by atoms with Crippen molar-refractivity contribution >= 4 is 29.0 Å². The highest BCUT2D eigenvalue weighted by Crippen LogP contribution is 2.35. The fourth-order valence-corrected chi connectivity index (χ4v) is 3.15. The lowest BCUT2D eigenvalue weighted by Gasteiger charge is -2.35. The number of rotatable bonds is 2. The van der Waals surface area contributed by atoms with E-state index in [1.54, 1.807) is 18.2 Å². The second kappa shape index (κ2) is 5.87. The molecule has 1 N–H and O–H groups in total. The minimum atomic E-state index is -0.402. The van der Waals surface area contributed by atoms with Crippen LogP contribution >= 0.6 is 23.2 Å². The number of aliphatic hydroxyl groups is 1. The minimum absolute atomic E-state index is 0.107. The zero-order valence-corrected chi connectivity index (χ0v) is 12.6. The first kappa shape index (κ1) is 14.7. The van der Waals surface area contributed by atoms with Crippen molar-refractivity contribution in [1.29, 1.82) is 0 Å². The minimum Gasteiger partial charge on any atom is -0.493 e. The Labute approximate surface area is 132 Å². The quantitative estimate of drug-likeness (QED) is 0.904. The van der Waals surface area contributed by atoms with Gasteiger partial charge in [0.05, 0.1) is 17.0 Å². The van der Waals surface area contributed by atoms with Crippen LogP contribution < -0.4 is 4.74 Å². The maximum absolute atomic E-state index is 12.4. The van der Waals surface area contributed by atoms with Gasteiger partial charge in [-0.3, -0.25) is 4.79 Å². The van der Waals surface area contributed by atoms with Crippen LogP contribution in [0.3, 0.4) is 0 Å². The number of halogens is 2. The third-order valence-electron chi connectivity index (χ3n) is 3.81. The van der Waals surface area contributed by atoms with Crippen LogP contribution in [-0.2, 0) is 9.53 Å². The Morgan fingerprint density at radius 1 is 1.29 bits per heavy atom. The Morgan fingerprint density at radius 2 is 2.10 bits per heavy atom. The molecular formula is C15H14Cl2O4. The third-order valence-corrected chi connectivity index (χ3v) is 4.34. The number of benzene rings is 1. The summed E-state index contributed by atoms with van der Waals surface area (Å²) in [5.74, 6) is 0.124. The predicted octanol–water partition coefficient (Wildman–Crippen LogP) is 3.34. The van der Waals surface area contributed by atoms with E-state index in [4.69, 9.17) is 32.7 Å². The van der Waals surface area contributed by atoms with Gasteiger partial charge in [-0.05, 0) is 31.0 Å². The number of ether oxygens (including phenoxy) is 2. The molecule has 1 fully saturated rings. The van der Waals surface area contributed by atoms with Crippen LogP contribution in [0.2, 0.25) is 10.0 Å². The number of Topliss-reactive ketones (excluding diaryl/α,β-unsaturated/α-hetero) is 1. The average molecular weight is 329 g/mol. The molecule has 21 heavy (non-hydrogen) atoms. The van der Waals surface area contributed by atoms with Crippen LogP contribution in [0.5, 0.6) is 5.75 Å². The molecule has 0 bridgehead atoms. The number of ketones is 1. The topological polar surface area (TPSA) is 55.8 Å². The van der Waals surface area contributed by atoms with Crippen molar-refractivity contribution < 1.29 is 19.4 Å². The zero-order chi connectivity index (χ0) is 15.0. The van der Waals surface area contributed by atoms with Crippen molar-refractivity contribution in [3.8, 4) is 5.75 Å². The molecule has 0 spiro atoms. The van der Waals surface area contributed by atoms with E-state index in [1.807, 2.05) is 0 Å². The summed E-state index contributed by atoms with van der Waals surface area (Å²) in [6.07, 6.45) is 2.31. The van der Waals surface area contributed by atoms with Gasteiger partial charge in [-0.1, -0.05) is 23.2 Å². The molecule has 3 rings (SSSR count). The van der Waals surface area contributed by atoms with E-state index in [1.165, 1.54) is 6.26 Å². The fraction of sp³-hybridized carbons (Fsp3) is 0.400. The monoisotopic (exact) mass is 328 g/mol. The Bertz CT molecular complexity index is 599. The SMILES string of the molecule is O=C1C(Oc2ccc(Cl)cc2Cl)=COC2CC(O)CCC12. The van der Waals surface area contributed by atoms with Crippen LogP contribution in [0.15, 0.2) is 30.2 Å². The number of allylic oxidation sites excluding steroid dienone is 1. The first-order valence-corrected chi connectivity index (χ1v) is 7.51. The average Bonchev–Trinajstić information content (AvgIpc) is 2.44. The normalized spacial score (nSPS) is 28.4. The molecule has 4 nitrogen and oxygen atoms in total. The lowest BCUT2D eigenvalue weighted by Crippen LogP contribution is -2.41. The summed E-state index contributed by atoms with van der Waals surface area (Å²) in [5, 5.41) is 10.4. The van der Waals surface area contributed by atoms with Crippen LogP contribution in [0.25, 0.3) is 0 Å². The summed E-state index contributed by atoms with van der Waals surface area (Å²) in [7, 11) is 0. The van der Waals surface area contributed by atoms with Gasteiger partial charge in [-0.15, -0.1) is 0 Å². The summed E-state index contributed by atoms with van der Waals surface area (Å²) >= 11 is 11.9. The molecule has 0 amide bonds. The van der Waals surface area contributed by atoms with E-state index in [0.29, 0.717) is 35.1 Å². The van der Waals surface area contributed by atoms with Gasteiger partial charge in [0, 0.05) is 11.4 Å². The van der Waals surface area contributed by atoms with Crippen LogP contribution in [0.4, 0.5) is 0 Å². The van der Waals surface area contributed by atoms with Crippen LogP contribution in [0, 0.1) is 5.92 Å². The van der Waals surface area contributed by atoms with Gasteiger partial charge in [-0.25, -0.2) is 0 Å². The highest BCUT2D eigenvalue weighted by atomic mass is 35.5. The van der Waals surface area contributed by atoms with Gasteiger partial charge in [0.15, 0.2) is 0 Å². The van der Waals surface area contributed by atoms with Gasteiger partial charge < -0.3 is 14.6 Å². The number of fused-ring (bicyclic) bond motifs is 1. The van der Waals surface area contributed by atoms with Crippen molar-refractivity contribution in [1.82, 2.24) is 0 Å². The van der Waals surface area contributed by atoms with E-state index in [2.05, 4.69) is 0 Å². The zero-order valence-electron chi connectivity index (χ0n) is 11.1. The molecule has 3 atom stereocenters. The van der Waals surface area contributed by atoms with Gasteiger partial charge in [0.25, 0.3) is 0 Å². The van der Waals surface area contributed by atoms with Crippen molar-refractivity contribution in [2.45, 2.75) is 31.5 Å². The molecule has 6 heteroatoms. The molecule has 3 unspecified atom stereocenters. The summed E-state index contributed by atoms with van der Waals surface area (Å²) in [6.45, 7) is 0. The van der Waals surface area contributed by atoms with Crippen LogP contribution in [0.1, 0.15) is 19.3 Å². The summed E-state index contributed by atoms with van der Waals surface area (Å²) < 4.78 is 11.1. The predicted molar refractivity (Wildman–Crippen MR) is 78.4 cm³/mol. The largest absolute Gasteiger partial charge is 0.493 e. The second-order valence-electron chi connectivity index (χ2n) is 5.27. The summed E-state index contributed by atoms with van der Waals surface area (Å²) in [5.41, 5.74) is 0. The molecule has 0 saturated heterocycles. The molecule has 1 aliphatic heterocycles. The summed E-state index contributed by atoms with van der Waals surface area (Å²) in [4.78, 5) is 12.4. The highest BCUT2D eigenvalue weighted by Gasteiger charge is 2.40. The standard InChI is InChI=1S/C15H14Cl2O4/c16-8-1-4-12(11(17)5-8)21-14-7-20-13-6-9(18)2-3-10(13)15(14)19/h1,4-5,7,9-10,13,18H,2-3,6H2. The molecule has 2 aliphatic rings. The molecule has 1 aliphatic carbocycles. The fourth-order valence-electron chi connectivity index (χ4n) is 2.70. The van der Waals surface area contributed by atoms with Gasteiger partial charge in [-0.2, -0.15) is 0 Å². The number of aliphatic hydroxyl groups excluding tert-OH is 1. The molecule has 1 saturated carbocycles. The molecule has 112 valence electrons. The molecule has 1 aromatic rings. The van der Waals surface area contributed by atoms with E-state index < -0.39 is 6.10 Å². The highest BCUT2D eigenvalue weighted by molar-refractivity contribution is 6.35. The van der Waals surface area contributed by atoms with Crippen LogP contribution in [-0.4, -0.2) is 23.1 Å². The number of hydrogen-bond acceptors (Lipinski definition) is 4. The lowest BCUT2D eigenvalue weighted by molar-refractivity contribution is -0.132. The first-order valence-electron chi connectivity index (χ1n) is 6.75. The van der Waals surface area contributed by atoms with Crippen molar-refractivity contribution in [3.05, 3.63) is 40.3 Å². The third kappa shape index (κ3) is 3.03. The lowest BCUT2D eigenvalue weighted by atomic mass is 9.80. The smallest absolute Gasteiger partial charge is 0.208 e. The van der Waals surface area contributed by atoms with E-state index in [-0.39, 0.29) is 23.6 Å². The van der Waals surface area contributed by atoms with Gasteiger partial charge in [0.2, 0.25) is 11.5 Å². The Balaban J connectivity index is 1.78. The Hall–Kier alpha value is -1.23. The second-order valence-corrected chi connectivity index (χ2v) is 6.11. The first-order chi connectivity index (χ1) is 10.0. The van der Waals surface area contributed by atoms with Crippen molar-refractivity contribution in [2.75, 3.05) is 0 Å². The van der Waals surface area contributed by atoms with E-state index in [0.717, 1.165) is 0 Å². The Kier molecular flexibility index (Phi) is 4.11. The van der Waals surface area contributed by atoms with E-state index >= 15 is 0 Å². The number of carbonyl (C=O) groups excluding carboxylic acids is 1. The van der Waals surface area contributed by atoms with E-state index in [9.17, 15) is 9.90 Å².